The lowest BCUT2D eigenvalue weighted by molar-refractivity contribution is 0.149. The summed E-state index contributed by atoms with van der Waals surface area (Å²) in [5.74, 6) is 1.20. The number of pyridine rings is 1. The first kappa shape index (κ1) is 13.2. The van der Waals surface area contributed by atoms with Crippen molar-refractivity contribution in [3.8, 4) is 11.5 Å². The molecule has 0 radical (unpaired) electrons. The predicted octanol–water partition coefficient (Wildman–Crippen LogP) is 1.31. The minimum atomic E-state index is 0.483. The highest BCUT2D eigenvalue weighted by Gasteiger charge is 2.22. The standard InChI is InChI=1S/C14H19N5O/c1-10-7-19(8-11(2)16-10)9-13-17-14(18-20-13)12-5-3-4-6-15-12/h3-6,10-11,16H,7-9H2,1-2H3. The molecule has 20 heavy (non-hydrogen) atoms. The molecule has 6 nitrogen and oxygen atoms in total. The molecule has 0 amide bonds. The van der Waals surface area contributed by atoms with Crippen molar-refractivity contribution in [1.82, 2.24) is 25.3 Å². The Hall–Kier alpha value is -1.79. The maximum atomic E-state index is 5.33. The number of hydrogen-bond donors (Lipinski definition) is 1. The molecular formula is C14H19N5O. The van der Waals surface area contributed by atoms with Crippen molar-refractivity contribution in [3.63, 3.8) is 0 Å². The van der Waals surface area contributed by atoms with Crippen molar-refractivity contribution in [2.45, 2.75) is 32.5 Å². The normalized spacial score (nSPS) is 23.9. The van der Waals surface area contributed by atoms with Gasteiger partial charge in [-0.15, -0.1) is 0 Å². The van der Waals surface area contributed by atoms with Crippen LogP contribution in [0.25, 0.3) is 11.5 Å². The average Bonchev–Trinajstić information content (AvgIpc) is 2.87. The van der Waals surface area contributed by atoms with E-state index in [2.05, 4.69) is 39.2 Å². The van der Waals surface area contributed by atoms with Gasteiger partial charge in [-0.05, 0) is 26.0 Å². The molecule has 2 aromatic rings. The Labute approximate surface area is 118 Å². The zero-order valence-corrected chi connectivity index (χ0v) is 11.8. The second-order valence-corrected chi connectivity index (χ2v) is 5.39. The zero-order valence-electron chi connectivity index (χ0n) is 11.8. The van der Waals surface area contributed by atoms with Crippen LogP contribution in [-0.2, 0) is 6.54 Å². The van der Waals surface area contributed by atoms with E-state index in [-0.39, 0.29) is 0 Å². The van der Waals surface area contributed by atoms with E-state index in [4.69, 9.17) is 4.52 Å². The lowest BCUT2D eigenvalue weighted by Crippen LogP contribution is -2.53. The monoisotopic (exact) mass is 273 g/mol. The van der Waals surface area contributed by atoms with Crippen LogP contribution in [0.1, 0.15) is 19.7 Å². The van der Waals surface area contributed by atoms with Crippen molar-refractivity contribution in [1.29, 1.82) is 0 Å². The van der Waals surface area contributed by atoms with E-state index >= 15 is 0 Å². The van der Waals surface area contributed by atoms with E-state index in [0.29, 0.717) is 30.3 Å². The Kier molecular flexibility index (Phi) is 3.75. The molecule has 1 N–H and O–H groups in total. The molecule has 1 aliphatic rings. The Morgan fingerprint density at radius 1 is 1.30 bits per heavy atom. The molecule has 0 aromatic carbocycles. The fourth-order valence-corrected chi connectivity index (χ4v) is 2.68. The van der Waals surface area contributed by atoms with Crippen LogP contribution in [0.15, 0.2) is 28.9 Å². The highest BCUT2D eigenvalue weighted by atomic mass is 16.5. The first-order chi connectivity index (χ1) is 9.70. The molecule has 0 spiro atoms. The minimum Gasteiger partial charge on any atom is -0.337 e. The largest absolute Gasteiger partial charge is 0.337 e. The van der Waals surface area contributed by atoms with Gasteiger partial charge in [-0.2, -0.15) is 4.98 Å². The smallest absolute Gasteiger partial charge is 0.241 e. The SMILES string of the molecule is CC1CN(Cc2nc(-c3ccccn3)no2)CC(C)N1. The van der Waals surface area contributed by atoms with Crippen molar-refractivity contribution in [3.05, 3.63) is 30.3 Å². The van der Waals surface area contributed by atoms with Crippen LogP contribution in [0.2, 0.25) is 0 Å². The second-order valence-electron chi connectivity index (χ2n) is 5.39. The van der Waals surface area contributed by atoms with Crippen LogP contribution >= 0.6 is 0 Å². The van der Waals surface area contributed by atoms with Gasteiger partial charge in [0, 0.05) is 31.4 Å². The van der Waals surface area contributed by atoms with Crippen LogP contribution in [0.3, 0.4) is 0 Å². The lowest BCUT2D eigenvalue weighted by Gasteiger charge is -2.35. The Morgan fingerprint density at radius 3 is 2.80 bits per heavy atom. The molecule has 3 heterocycles. The number of nitrogens with one attached hydrogen (secondary N) is 1. The quantitative estimate of drug-likeness (QED) is 0.909. The third kappa shape index (κ3) is 3.02. The molecule has 6 heteroatoms. The Bertz CT molecular complexity index is 546. The third-order valence-corrected chi connectivity index (χ3v) is 3.35. The fourth-order valence-electron chi connectivity index (χ4n) is 2.68. The van der Waals surface area contributed by atoms with Crippen molar-refractivity contribution in [2.24, 2.45) is 0 Å². The van der Waals surface area contributed by atoms with E-state index in [1.807, 2.05) is 18.2 Å². The first-order valence-electron chi connectivity index (χ1n) is 6.93. The van der Waals surface area contributed by atoms with Gasteiger partial charge in [0.25, 0.3) is 0 Å². The van der Waals surface area contributed by atoms with Crippen LogP contribution in [0, 0.1) is 0 Å². The van der Waals surface area contributed by atoms with Gasteiger partial charge in [0.1, 0.15) is 5.69 Å². The summed E-state index contributed by atoms with van der Waals surface area (Å²) in [6.07, 6.45) is 1.73. The summed E-state index contributed by atoms with van der Waals surface area (Å²) in [5, 5.41) is 7.51. The van der Waals surface area contributed by atoms with Gasteiger partial charge in [-0.25, -0.2) is 0 Å². The minimum absolute atomic E-state index is 0.483. The van der Waals surface area contributed by atoms with E-state index in [9.17, 15) is 0 Å². The summed E-state index contributed by atoms with van der Waals surface area (Å²) >= 11 is 0. The predicted molar refractivity (Wildman–Crippen MR) is 74.9 cm³/mol. The summed E-state index contributed by atoms with van der Waals surface area (Å²) in [4.78, 5) is 11.0. The second kappa shape index (κ2) is 5.68. The Balaban J connectivity index is 1.68. The van der Waals surface area contributed by atoms with Gasteiger partial charge in [0.05, 0.1) is 6.54 Å². The molecule has 2 atom stereocenters. The summed E-state index contributed by atoms with van der Waals surface area (Å²) < 4.78 is 5.33. The van der Waals surface area contributed by atoms with E-state index in [1.165, 1.54) is 0 Å². The van der Waals surface area contributed by atoms with Gasteiger partial charge in [0.15, 0.2) is 0 Å². The van der Waals surface area contributed by atoms with E-state index in [1.54, 1.807) is 6.20 Å². The summed E-state index contributed by atoms with van der Waals surface area (Å²) in [7, 11) is 0. The lowest BCUT2D eigenvalue weighted by atomic mass is 10.1. The molecule has 0 bridgehead atoms. The number of rotatable bonds is 3. The van der Waals surface area contributed by atoms with Crippen LogP contribution in [0.4, 0.5) is 0 Å². The van der Waals surface area contributed by atoms with Crippen molar-refractivity contribution < 1.29 is 4.52 Å². The highest BCUT2D eigenvalue weighted by Crippen LogP contribution is 2.14. The van der Waals surface area contributed by atoms with Gasteiger partial charge in [-0.1, -0.05) is 11.2 Å². The van der Waals surface area contributed by atoms with Gasteiger partial charge in [-0.3, -0.25) is 9.88 Å². The molecule has 1 aliphatic heterocycles. The Morgan fingerprint density at radius 2 is 2.10 bits per heavy atom. The number of aromatic nitrogens is 3. The van der Waals surface area contributed by atoms with Crippen LogP contribution < -0.4 is 5.32 Å². The number of piperazine rings is 1. The molecule has 0 saturated carbocycles. The van der Waals surface area contributed by atoms with Gasteiger partial charge < -0.3 is 9.84 Å². The first-order valence-corrected chi connectivity index (χ1v) is 6.93. The van der Waals surface area contributed by atoms with Crippen LogP contribution in [-0.4, -0.2) is 45.2 Å². The molecule has 2 aromatic heterocycles. The molecule has 1 fully saturated rings. The molecule has 3 rings (SSSR count). The molecule has 2 unspecified atom stereocenters. The van der Waals surface area contributed by atoms with Crippen LogP contribution in [0.5, 0.6) is 0 Å². The topological polar surface area (TPSA) is 67.1 Å². The average molecular weight is 273 g/mol. The molecule has 0 aliphatic carbocycles. The van der Waals surface area contributed by atoms with Gasteiger partial charge >= 0.3 is 0 Å². The summed E-state index contributed by atoms with van der Waals surface area (Å²) in [6.45, 7) is 7.05. The highest BCUT2D eigenvalue weighted by molar-refractivity contribution is 5.46. The number of hydrogen-bond acceptors (Lipinski definition) is 6. The molecule has 106 valence electrons. The maximum Gasteiger partial charge on any atom is 0.241 e. The zero-order chi connectivity index (χ0) is 13.9. The van der Waals surface area contributed by atoms with Crippen molar-refractivity contribution >= 4 is 0 Å². The summed E-state index contributed by atoms with van der Waals surface area (Å²) in [5.41, 5.74) is 0.740. The molecule has 1 saturated heterocycles. The number of nitrogens with zero attached hydrogens (tertiary/aromatic N) is 4. The third-order valence-electron chi connectivity index (χ3n) is 3.35. The van der Waals surface area contributed by atoms with Crippen molar-refractivity contribution in [2.75, 3.05) is 13.1 Å². The summed E-state index contributed by atoms with van der Waals surface area (Å²) in [6, 6.07) is 6.63. The maximum absolute atomic E-state index is 5.33. The van der Waals surface area contributed by atoms with E-state index < -0.39 is 0 Å². The van der Waals surface area contributed by atoms with Gasteiger partial charge in [0.2, 0.25) is 11.7 Å². The fraction of sp³-hybridized carbons (Fsp3) is 0.500. The molecular weight excluding hydrogens is 254 g/mol. The van der Waals surface area contributed by atoms with E-state index in [0.717, 1.165) is 18.8 Å².